The minimum absolute atomic E-state index is 0.315. The van der Waals surface area contributed by atoms with Crippen molar-refractivity contribution in [2.75, 3.05) is 0 Å². The summed E-state index contributed by atoms with van der Waals surface area (Å²) in [5.74, 6) is 0. The Hall–Kier alpha value is -0.710. The van der Waals surface area contributed by atoms with Gasteiger partial charge in [-0.15, -0.1) is 0 Å². The van der Waals surface area contributed by atoms with Gasteiger partial charge in [-0.3, -0.25) is 0 Å². The van der Waals surface area contributed by atoms with Crippen molar-refractivity contribution in [3.05, 3.63) is 45.2 Å². The molecule has 0 aliphatic carbocycles. The summed E-state index contributed by atoms with van der Waals surface area (Å²) in [5.41, 5.74) is 0.825. The van der Waals surface area contributed by atoms with Crippen molar-refractivity contribution in [1.82, 2.24) is 0 Å². The molecule has 0 N–H and O–H groups in total. The van der Waals surface area contributed by atoms with Gasteiger partial charge in [-0.25, -0.2) is 6.57 Å². The predicted octanol–water partition coefficient (Wildman–Crippen LogP) is 3.41. The molecule has 0 unspecified atom stereocenters. The van der Waals surface area contributed by atoms with Crippen molar-refractivity contribution in [3.63, 3.8) is 0 Å². The highest BCUT2D eigenvalue weighted by Gasteiger charge is 2.01. The first-order valence-electron chi connectivity index (χ1n) is 3.01. The molecular formula is C8H5Cl2N. The lowest BCUT2D eigenvalue weighted by atomic mass is 10.2. The largest absolute Gasteiger partial charge is 0.312 e. The van der Waals surface area contributed by atoms with Crippen LogP contribution in [-0.4, -0.2) is 0 Å². The maximum atomic E-state index is 6.62. The molecule has 56 valence electrons. The lowest BCUT2D eigenvalue weighted by molar-refractivity contribution is 1.27. The molecule has 0 saturated heterocycles. The van der Waals surface area contributed by atoms with E-state index in [1.54, 1.807) is 18.2 Å². The van der Waals surface area contributed by atoms with Crippen LogP contribution in [0.4, 0.5) is 0 Å². The van der Waals surface area contributed by atoms with Gasteiger partial charge in [-0.1, -0.05) is 23.2 Å². The third kappa shape index (κ3) is 2.11. The van der Waals surface area contributed by atoms with Crippen LogP contribution in [0.1, 0.15) is 5.56 Å². The Morgan fingerprint density at radius 1 is 1.36 bits per heavy atom. The third-order valence-corrected chi connectivity index (χ3v) is 1.85. The van der Waals surface area contributed by atoms with E-state index in [1.165, 1.54) is 0 Å². The molecule has 0 spiro atoms. The van der Waals surface area contributed by atoms with Gasteiger partial charge in [-0.2, -0.15) is 0 Å². The van der Waals surface area contributed by atoms with Crippen LogP contribution >= 0.6 is 23.2 Å². The van der Waals surface area contributed by atoms with Crippen LogP contribution in [0.5, 0.6) is 0 Å². The van der Waals surface area contributed by atoms with Gasteiger partial charge >= 0.3 is 0 Å². The molecule has 0 saturated carbocycles. The van der Waals surface area contributed by atoms with Crippen LogP contribution < -0.4 is 0 Å². The maximum absolute atomic E-state index is 6.62. The van der Waals surface area contributed by atoms with E-state index in [0.717, 1.165) is 5.56 Å². The first-order valence-corrected chi connectivity index (χ1v) is 3.77. The van der Waals surface area contributed by atoms with Gasteiger partial charge in [0.05, 0.1) is 5.02 Å². The normalized spacial score (nSPS) is 9.18. The molecule has 1 aromatic carbocycles. The maximum Gasteiger partial charge on any atom is 0.241 e. The van der Waals surface area contributed by atoms with Gasteiger partial charge in [-0.05, 0) is 18.2 Å². The van der Waals surface area contributed by atoms with E-state index in [4.69, 9.17) is 29.8 Å². The average Bonchev–Trinajstić information content (AvgIpc) is 1.95. The topological polar surface area (TPSA) is 4.36 Å². The fraction of sp³-hybridized carbons (Fsp3) is 0.125. The van der Waals surface area contributed by atoms with Gasteiger partial charge in [0.15, 0.2) is 0 Å². The molecular weight excluding hydrogens is 181 g/mol. The van der Waals surface area contributed by atoms with Gasteiger partial charge in [0.25, 0.3) is 0 Å². The quantitative estimate of drug-likeness (QED) is 0.592. The van der Waals surface area contributed by atoms with Gasteiger partial charge in [0.2, 0.25) is 6.54 Å². The van der Waals surface area contributed by atoms with E-state index in [2.05, 4.69) is 4.85 Å². The Bertz CT molecular complexity index is 301. The van der Waals surface area contributed by atoms with Crippen molar-refractivity contribution >= 4 is 23.2 Å². The van der Waals surface area contributed by atoms with Crippen LogP contribution in [0.2, 0.25) is 10.0 Å². The zero-order valence-electron chi connectivity index (χ0n) is 5.64. The highest BCUT2D eigenvalue weighted by atomic mass is 35.5. The molecule has 0 heterocycles. The fourth-order valence-corrected chi connectivity index (χ4v) is 1.20. The van der Waals surface area contributed by atoms with E-state index in [9.17, 15) is 0 Å². The number of nitrogens with zero attached hydrogens (tertiary/aromatic N) is 1. The van der Waals surface area contributed by atoms with E-state index in [0.29, 0.717) is 16.6 Å². The molecule has 0 aromatic heterocycles. The lowest BCUT2D eigenvalue weighted by Crippen LogP contribution is -1.80. The van der Waals surface area contributed by atoms with Crippen LogP contribution in [0.3, 0.4) is 0 Å². The molecule has 0 atom stereocenters. The Morgan fingerprint density at radius 3 is 2.64 bits per heavy atom. The average molecular weight is 186 g/mol. The van der Waals surface area contributed by atoms with Crippen LogP contribution in [0, 0.1) is 6.57 Å². The molecule has 1 nitrogen and oxygen atoms in total. The second-order valence-electron chi connectivity index (χ2n) is 2.05. The van der Waals surface area contributed by atoms with Crippen molar-refractivity contribution in [2.24, 2.45) is 0 Å². The third-order valence-electron chi connectivity index (χ3n) is 1.26. The van der Waals surface area contributed by atoms with Crippen molar-refractivity contribution in [2.45, 2.75) is 6.54 Å². The zero-order valence-corrected chi connectivity index (χ0v) is 7.15. The summed E-state index contributed by atoms with van der Waals surface area (Å²) in [5, 5.41) is 1.16. The van der Waals surface area contributed by atoms with Crippen LogP contribution in [0.25, 0.3) is 4.85 Å². The SMILES string of the molecule is [C-]#[N+]Cc1ccc(Cl)cc1Cl. The summed E-state index contributed by atoms with van der Waals surface area (Å²) in [6.07, 6.45) is 0. The molecule has 3 heteroatoms. The first kappa shape index (κ1) is 8.39. The Labute approximate surface area is 75.4 Å². The summed E-state index contributed by atoms with van der Waals surface area (Å²) in [6, 6.07) is 5.14. The first-order chi connectivity index (χ1) is 5.24. The standard InChI is InChI=1S/C8H5Cl2N/c1-11-5-6-2-3-7(9)4-8(6)10/h2-4H,5H2. The Kier molecular flexibility index (Phi) is 2.76. The molecule has 1 rings (SSSR count). The molecule has 0 aliphatic rings. The number of rotatable bonds is 1. The highest BCUT2D eigenvalue weighted by Crippen LogP contribution is 2.21. The summed E-state index contributed by atoms with van der Waals surface area (Å²) in [6.45, 7) is 6.94. The number of benzene rings is 1. The minimum atomic E-state index is 0.315. The van der Waals surface area contributed by atoms with E-state index in [1.807, 2.05) is 0 Å². The molecule has 1 aromatic rings. The monoisotopic (exact) mass is 185 g/mol. The smallest absolute Gasteiger partial charge is 0.241 e. The van der Waals surface area contributed by atoms with E-state index < -0.39 is 0 Å². The second kappa shape index (κ2) is 3.61. The Balaban J connectivity index is 3.01. The molecule has 0 radical (unpaired) electrons. The molecule has 0 bridgehead atoms. The molecule has 11 heavy (non-hydrogen) atoms. The molecule has 0 fully saturated rings. The molecule has 0 aliphatic heterocycles. The predicted molar refractivity (Wildman–Crippen MR) is 46.8 cm³/mol. The van der Waals surface area contributed by atoms with Crippen molar-refractivity contribution < 1.29 is 0 Å². The summed E-state index contributed by atoms with van der Waals surface area (Å²) in [7, 11) is 0. The van der Waals surface area contributed by atoms with Crippen molar-refractivity contribution in [1.29, 1.82) is 0 Å². The zero-order chi connectivity index (χ0) is 8.27. The van der Waals surface area contributed by atoms with Crippen molar-refractivity contribution in [3.8, 4) is 0 Å². The van der Waals surface area contributed by atoms with Crippen LogP contribution in [0.15, 0.2) is 18.2 Å². The molecule has 0 amide bonds. The van der Waals surface area contributed by atoms with Crippen LogP contribution in [-0.2, 0) is 6.54 Å². The van der Waals surface area contributed by atoms with E-state index in [-0.39, 0.29) is 0 Å². The number of hydrogen-bond acceptors (Lipinski definition) is 0. The Morgan fingerprint density at radius 2 is 2.09 bits per heavy atom. The lowest BCUT2D eigenvalue weighted by Gasteiger charge is -1.95. The minimum Gasteiger partial charge on any atom is -0.312 e. The summed E-state index contributed by atoms with van der Waals surface area (Å²) >= 11 is 11.4. The second-order valence-corrected chi connectivity index (χ2v) is 2.90. The summed E-state index contributed by atoms with van der Waals surface area (Å²) < 4.78 is 0. The number of halogens is 2. The van der Waals surface area contributed by atoms with Gasteiger partial charge in [0.1, 0.15) is 0 Å². The highest BCUT2D eigenvalue weighted by molar-refractivity contribution is 6.35. The number of hydrogen-bond donors (Lipinski definition) is 0. The van der Waals surface area contributed by atoms with Gasteiger partial charge < -0.3 is 4.85 Å². The fourth-order valence-electron chi connectivity index (χ4n) is 0.735. The summed E-state index contributed by atoms with van der Waals surface area (Å²) in [4.78, 5) is 3.22. The van der Waals surface area contributed by atoms with E-state index >= 15 is 0 Å². The van der Waals surface area contributed by atoms with Gasteiger partial charge in [0, 0.05) is 10.6 Å².